The molecule has 10 nitrogen and oxygen atoms in total. The van der Waals surface area contributed by atoms with E-state index in [2.05, 4.69) is 25.9 Å². The van der Waals surface area contributed by atoms with Crippen LogP contribution in [-0.2, 0) is 6.42 Å². The van der Waals surface area contributed by atoms with Crippen LogP contribution in [0.25, 0.3) is 0 Å². The predicted octanol–water partition coefficient (Wildman–Crippen LogP) is 2.31. The van der Waals surface area contributed by atoms with Gasteiger partial charge in [0.15, 0.2) is 5.82 Å². The van der Waals surface area contributed by atoms with Crippen LogP contribution in [0.15, 0.2) is 48.5 Å². The van der Waals surface area contributed by atoms with E-state index in [1.165, 1.54) is 24.3 Å². The molecule has 1 amide bonds. The molecule has 2 aromatic carbocycles. The number of hydrogen-bond donors (Lipinski definition) is 2. The molecule has 0 bridgehead atoms. The Hall–Kier alpha value is -3.82. The Morgan fingerprint density at radius 1 is 1.24 bits per heavy atom. The SMILES string of the molecule is O=C(Nc1ccc([N+](=O)[O-])cc1)Oc1cccc(Cc2nn[nH]n2)c1. The van der Waals surface area contributed by atoms with E-state index in [-0.39, 0.29) is 5.69 Å². The lowest BCUT2D eigenvalue weighted by Crippen LogP contribution is -2.16. The van der Waals surface area contributed by atoms with Crippen LogP contribution >= 0.6 is 0 Å². The first kappa shape index (κ1) is 16.1. The maximum Gasteiger partial charge on any atom is 0.417 e. The number of aromatic nitrogens is 4. The third-order valence-corrected chi connectivity index (χ3v) is 3.18. The number of tetrazole rings is 1. The Balaban J connectivity index is 1.61. The van der Waals surface area contributed by atoms with Gasteiger partial charge in [-0.1, -0.05) is 17.3 Å². The highest BCUT2D eigenvalue weighted by atomic mass is 16.6. The molecular weight excluding hydrogens is 328 g/mol. The zero-order valence-corrected chi connectivity index (χ0v) is 12.7. The van der Waals surface area contributed by atoms with Gasteiger partial charge in [-0.3, -0.25) is 15.4 Å². The van der Waals surface area contributed by atoms with E-state index in [0.29, 0.717) is 23.7 Å². The number of anilines is 1. The summed E-state index contributed by atoms with van der Waals surface area (Å²) in [5.41, 5.74) is 1.17. The van der Waals surface area contributed by atoms with Gasteiger partial charge < -0.3 is 4.74 Å². The monoisotopic (exact) mass is 340 g/mol. The molecule has 0 atom stereocenters. The van der Waals surface area contributed by atoms with Crippen LogP contribution in [0.5, 0.6) is 5.75 Å². The summed E-state index contributed by atoms with van der Waals surface area (Å²) >= 11 is 0. The number of aromatic amines is 1. The van der Waals surface area contributed by atoms with Crippen molar-refractivity contribution < 1.29 is 14.5 Å². The van der Waals surface area contributed by atoms with Crippen LogP contribution in [-0.4, -0.2) is 31.6 Å². The summed E-state index contributed by atoms with van der Waals surface area (Å²) < 4.78 is 5.21. The van der Waals surface area contributed by atoms with Gasteiger partial charge in [-0.05, 0) is 29.8 Å². The van der Waals surface area contributed by atoms with Crippen molar-refractivity contribution in [1.29, 1.82) is 0 Å². The Morgan fingerprint density at radius 2 is 2.04 bits per heavy atom. The molecule has 10 heteroatoms. The lowest BCUT2D eigenvalue weighted by molar-refractivity contribution is -0.384. The van der Waals surface area contributed by atoms with E-state index >= 15 is 0 Å². The Labute approximate surface area is 141 Å². The van der Waals surface area contributed by atoms with Crippen molar-refractivity contribution in [3.63, 3.8) is 0 Å². The van der Waals surface area contributed by atoms with Crippen LogP contribution in [0, 0.1) is 10.1 Å². The third kappa shape index (κ3) is 4.34. The quantitative estimate of drug-likeness (QED) is 0.537. The Bertz CT molecular complexity index is 879. The highest BCUT2D eigenvalue weighted by Gasteiger charge is 2.09. The van der Waals surface area contributed by atoms with Crippen molar-refractivity contribution in [2.75, 3.05) is 5.32 Å². The van der Waals surface area contributed by atoms with Gasteiger partial charge in [-0.15, -0.1) is 10.2 Å². The highest BCUT2D eigenvalue weighted by Crippen LogP contribution is 2.18. The summed E-state index contributed by atoms with van der Waals surface area (Å²) in [5, 5.41) is 26.7. The van der Waals surface area contributed by atoms with Gasteiger partial charge in [0, 0.05) is 24.2 Å². The number of benzene rings is 2. The number of nitrogens with one attached hydrogen (secondary N) is 2. The summed E-state index contributed by atoms with van der Waals surface area (Å²) in [6.07, 6.45) is -0.261. The highest BCUT2D eigenvalue weighted by molar-refractivity contribution is 5.86. The summed E-state index contributed by atoms with van der Waals surface area (Å²) in [7, 11) is 0. The number of nitrogens with zero attached hydrogens (tertiary/aromatic N) is 4. The van der Waals surface area contributed by atoms with Gasteiger partial charge in [-0.2, -0.15) is 5.21 Å². The van der Waals surface area contributed by atoms with Crippen molar-refractivity contribution in [3.05, 3.63) is 70.0 Å². The summed E-state index contributed by atoms with van der Waals surface area (Å²) in [5.74, 6) is 0.868. The van der Waals surface area contributed by atoms with Crippen LogP contribution in [0.4, 0.5) is 16.2 Å². The van der Waals surface area contributed by atoms with Gasteiger partial charge >= 0.3 is 6.09 Å². The average molecular weight is 340 g/mol. The normalized spacial score (nSPS) is 10.2. The van der Waals surface area contributed by atoms with Crippen molar-refractivity contribution in [2.45, 2.75) is 6.42 Å². The van der Waals surface area contributed by atoms with E-state index < -0.39 is 11.0 Å². The minimum absolute atomic E-state index is 0.0620. The molecule has 0 saturated carbocycles. The van der Waals surface area contributed by atoms with Crippen molar-refractivity contribution in [2.24, 2.45) is 0 Å². The number of ether oxygens (including phenoxy) is 1. The van der Waals surface area contributed by atoms with Crippen LogP contribution in [0.2, 0.25) is 0 Å². The van der Waals surface area contributed by atoms with Crippen LogP contribution in [0.3, 0.4) is 0 Å². The molecule has 0 aliphatic rings. The molecule has 1 heterocycles. The number of carbonyl (C=O) groups is 1. The molecule has 1 aromatic heterocycles. The van der Waals surface area contributed by atoms with Gasteiger partial charge in [-0.25, -0.2) is 4.79 Å². The molecule has 0 saturated heterocycles. The average Bonchev–Trinajstić information content (AvgIpc) is 3.08. The van der Waals surface area contributed by atoms with Crippen LogP contribution in [0.1, 0.15) is 11.4 Å². The van der Waals surface area contributed by atoms with Gasteiger partial charge in [0.05, 0.1) is 4.92 Å². The van der Waals surface area contributed by atoms with Crippen molar-refractivity contribution in [1.82, 2.24) is 20.6 Å². The standard InChI is InChI=1S/C15H12N6O4/c22-15(16-11-4-6-12(7-5-11)21(23)24)25-13-3-1-2-10(8-13)9-14-17-19-20-18-14/h1-8H,9H2,(H,16,22)(H,17,18,19,20). The first-order chi connectivity index (χ1) is 12.1. The fraction of sp³-hybridized carbons (Fsp3) is 0.0667. The van der Waals surface area contributed by atoms with E-state index in [9.17, 15) is 14.9 Å². The van der Waals surface area contributed by atoms with Gasteiger partial charge in [0.2, 0.25) is 0 Å². The summed E-state index contributed by atoms with van der Waals surface area (Å²) in [6.45, 7) is 0. The smallest absolute Gasteiger partial charge is 0.410 e. The third-order valence-electron chi connectivity index (χ3n) is 3.18. The van der Waals surface area contributed by atoms with Gasteiger partial charge in [0.25, 0.3) is 5.69 Å². The van der Waals surface area contributed by atoms with E-state index in [1.807, 2.05) is 6.07 Å². The van der Waals surface area contributed by atoms with Crippen LogP contribution < -0.4 is 10.1 Å². The molecule has 0 unspecified atom stereocenters. The summed E-state index contributed by atoms with van der Waals surface area (Å²) in [6, 6.07) is 12.3. The number of non-ortho nitro benzene ring substituents is 1. The van der Waals surface area contributed by atoms with Gasteiger partial charge in [0.1, 0.15) is 5.75 Å². The van der Waals surface area contributed by atoms with Crippen molar-refractivity contribution in [3.8, 4) is 5.75 Å². The lowest BCUT2D eigenvalue weighted by atomic mass is 10.1. The fourth-order valence-electron chi connectivity index (χ4n) is 2.08. The molecule has 3 aromatic rings. The molecule has 0 fully saturated rings. The zero-order valence-electron chi connectivity index (χ0n) is 12.7. The predicted molar refractivity (Wildman–Crippen MR) is 86.2 cm³/mol. The molecular formula is C15H12N6O4. The minimum atomic E-state index is -0.703. The number of nitro benzene ring substituents is 1. The molecule has 0 aliphatic carbocycles. The molecule has 0 radical (unpaired) electrons. The zero-order chi connectivity index (χ0) is 17.6. The Morgan fingerprint density at radius 3 is 2.72 bits per heavy atom. The second-order valence-electron chi connectivity index (χ2n) is 4.97. The topological polar surface area (TPSA) is 136 Å². The first-order valence-corrected chi connectivity index (χ1v) is 7.15. The number of carbonyl (C=O) groups excluding carboxylic acids is 1. The second-order valence-corrected chi connectivity index (χ2v) is 4.97. The number of nitro groups is 1. The molecule has 0 aliphatic heterocycles. The molecule has 126 valence electrons. The minimum Gasteiger partial charge on any atom is -0.410 e. The summed E-state index contributed by atoms with van der Waals surface area (Å²) in [4.78, 5) is 22.0. The first-order valence-electron chi connectivity index (χ1n) is 7.15. The molecule has 3 rings (SSSR count). The number of hydrogen-bond acceptors (Lipinski definition) is 7. The largest absolute Gasteiger partial charge is 0.417 e. The van der Waals surface area contributed by atoms with E-state index in [1.54, 1.807) is 18.2 Å². The number of H-pyrrole nitrogens is 1. The van der Waals surface area contributed by atoms with E-state index in [0.717, 1.165) is 5.56 Å². The molecule has 2 N–H and O–H groups in total. The Kier molecular flexibility index (Phi) is 4.60. The van der Waals surface area contributed by atoms with Crippen molar-refractivity contribution >= 4 is 17.5 Å². The number of amides is 1. The molecule has 0 spiro atoms. The van der Waals surface area contributed by atoms with E-state index in [4.69, 9.17) is 4.74 Å². The maximum absolute atomic E-state index is 11.9. The fourth-order valence-corrected chi connectivity index (χ4v) is 2.08. The number of rotatable bonds is 5. The maximum atomic E-state index is 11.9. The lowest BCUT2D eigenvalue weighted by Gasteiger charge is -2.07. The molecule has 25 heavy (non-hydrogen) atoms. The second kappa shape index (κ2) is 7.17.